The van der Waals surface area contributed by atoms with Crippen LogP contribution in [0.25, 0.3) is 0 Å². The Bertz CT molecular complexity index is 666. The van der Waals surface area contributed by atoms with Crippen LogP contribution in [0.2, 0.25) is 0 Å². The minimum atomic E-state index is -3.71. The number of nitrogens with one attached hydrogen (secondary N) is 2. The number of hydrogen-bond donors (Lipinski definition) is 3. The quantitative estimate of drug-likeness (QED) is 0.551. The smallest absolute Gasteiger partial charge is 0.244 e. The van der Waals surface area contributed by atoms with E-state index in [1.165, 1.54) is 18.3 Å². The number of nitrogens with zero attached hydrogens (tertiary/aromatic N) is 1. The molecule has 0 bridgehead atoms. The second-order valence-electron chi connectivity index (χ2n) is 3.83. The van der Waals surface area contributed by atoms with E-state index in [4.69, 9.17) is 10.3 Å². The Morgan fingerprint density at radius 2 is 2.16 bits per heavy atom. The Labute approximate surface area is 110 Å². The maximum absolute atomic E-state index is 12.1. The minimum absolute atomic E-state index is 0.0132. The van der Waals surface area contributed by atoms with Crippen molar-refractivity contribution in [2.45, 2.75) is 18.4 Å². The number of aromatic nitrogens is 1. The van der Waals surface area contributed by atoms with E-state index < -0.39 is 10.0 Å². The summed E-state index contributed by atoms with van der Waals surface area (Å²) in [6, 6.07) is 6.41. The van der Waals surface area contributed by atoms with Crippen LogP contribution in [0, 0.1) is 6.92 Å². The first kappa shape index (κ1) is 13.5. The Hall–Kier alpha value is -1.90. The molecule has 0 atom stereocenters. The van der Waals surface area contributed by atoms with Gasteiger partial charge in [-0.25, -0.2) is 24.0 Å². The molecule has 0 spiro atoms. The number of rotatable bonds is 5. The number of hydrogen-bond acceptors (Lipinski definition) is 6. The van der Waals surface area contributed by atoms with Crippen LogP contribution in [0.3, 0.4) is 0 Å². The van der Waals surface area contributed by atoms with Crippen LogP contribution in [0.1, 0.15) is 11.5 Å². The van der Waals surface area contributed by atoms with E-state index in [-0.39, 0.29) is 17.3 Å². The molecule has 8 heteroatoms. The Kier molecular flexibility index (Phi) is 3.84. The van der Waals surface area contributed by atoms with Crippen LogP contribution in [0.5, 0.6) is 0 Å². The summed E-state index contributed by atoms with van der Waals surface area (Å²) in [7, 11) is -3.71. The molecule has 0 saturated carbocycles. The molecule has 2 rings (SSSR count). The minimum Gasteiger partial charge on any atom is -0.465 e. The molecule has 2 heterocycles. The fraction of sp³-hybridized carbons (Fsp3) is 0.182. The first-order valence-corrected chi connectivity index (χ1v) is 6.98. The molecule has 4 N–H and O–H groups in total. The third kappa shape index (κ3) is 3.11. The van der Waals surface area contributed by atoms with E-state index in [9.17, 15) is 8.42 Å². The van der Waals surface area contributed by atoms with Gasteiger partial charge in [-0.2, -0.15) is 0 Å². The predicted octanol–water partition coefficient (Wildman–Crippen LogP) is 0.747. The van der Waals surface area contributed by atoms with Gasteiger partial charge < -0.3 is 9.84 Å². The van der Waals surface area contributed by atoms with Crippen molar-refractivity contribution in [2.24, 2.45) is 5.84 Å². The summed E-state index contributed by atoms with van der Waals surface area (Å²) in [5.74, 6) is 6.58. The summed E-state index contributed by atoms with van der Waals surface area (Å²) in [5.41, 5.74) is 2.25. The molecule has 0 amide bonds. The van der Waals surface area contributed by atoms with Gasteiger partial charge in [0.05, 0.1) is 6.54 Å². The molecule has 0 radical (unpaired) electrons. The van der Waals surface area contributed by atoms with Crippen molar-refractivity contribution in [3.8, 4) is 0 Å². The fourth-order valence-corrected chi connectivity index (χ4v) is 2.65. The highest BCUT2D eigenvalue weighted by Gasteiger charge is 2.19. The topological polar surface area (TPSA) is 110 Å². The molecule has 0 aromatic carbocycles. The average Bonchev–Trinajstić information content (AvgIpc) is 2.82. The van der Waals surface area contributed by atoms with Crippen molar-refractivity contribution < 1.29 is 12.8 Å². The summed E-state index contributed by atoms with van der Waals surface area (Å²) < 4.78 is 31.9. The maximum Gasteiger partial charge on any atom is 0.244 e. The van der Waals surface area contributed by atoms with E-state index in [1.807, 2.05) is 0 Å². The lowest BCUT2D eigenvalue weighted by Gasteiger charge is -2.08. The molecule has 102 valence electrons. The van der Waals surface area contributed by atoms with Gasteiger partial charge in [0.15, 0.2) is 5.82 Å². The number of sulfonamides is 1. The van der Waals surface area contributed by atoms with Crippen molar-refractivity contribution in [3.63, 3.8) is 0 Å². The maximum atomic E-state index is 12.1. The molecule has 19 heavy (non-hydrogen) atoms. The molecule has 0 saturated heterocycles. The Balaban J connectivity index is 2.18. The highest BCUT2D eigenvalue weighted by molar-refractivity contribution is 7.89. The zero-order valence-electron chi connectivity index (χ0n) is 10.3. The summed E-state index contributed by atoms with van der Waals surface area (Å²) in [6.07, 6.45) is 1.45. The van der Waals surface area contributed by atoms with Gasteiger partial charge in [0.25, 0.3) is 0 Å². The van der Waals surface area contributed by atoms with Crippen LogP contribution in [-0.2, 0) is 16.6 Å². The van der Waals surface area contributed by atoms with Crippen LogP contribution >= 0.6 is 0 Å². The zero-order chi connectivity index (χ0) is 13.9. The largest absolute Gasteiger partial charge is 0.465 e. The van der Waals surface area contributed by atoms with E-state index >= 15 is 0 Å². The number of hydrazine groups is 1. The molecule has 0 unspecified atom stereocenters. The lowest BCUT2D eigenvalue weighted by molar-refractivity contribution is 0.475. The molecule has 0 aliphatic carbocycles. The van der Waals surface area contributed by atoms with Gasteiger partial charge >= 0.3 is 0 Å². The van der Waals surface area contributed by atoms with E-state index in [0.29, 0.717) is 5.76 Å². The van der Waals surface area contributed by atoms with Crippen LogP contribution in [0.4, 0.5) is 5.82 Å². The molecule has 0 fully saturated rings. The molecule has 0 aliphatic heterocycles. The lowest BCUT2D eigenvalue weighted by atomic mass is 10.4. The third-order valence-electron chi connectivity index (χ3n) is 2.43. The SMILES string of the molecule is Cc1ccc(CNS(=O)(=O)c2cccnc2NN)o1. The molecular weight excluding hydrogens is 268 g/mol. The van der Waals surface area contributed by atoms with Gasteiger partial charge in [-0.05, 0) is 31.2 Å². The van der Waals surface area contributed by atoms with Gasteiger partial charge in [-0.3, -0.25) is 0 Å². The van der Waals surface area contributed by atoms with Crippen LogP contribution < -0.4 is 16.0 Å². The number of anilines is 1. The average molecular weight is 282 g/mol. The highest BCUT2D eigenvalue weighted by Crippen LogP contribution is 2.17. The van der Waals surface area contributed by atoms with E-state index in [1.54, 1.807) is 19.1 Å². The second kappa shape index (κ2) is 5.39. The highest BCUT2D eigenvalue weighted by atomic mass is 32.2. The number of pyridine rings is 1. The first-order valence-electron chi connectivity index (χ1n) is 5.49. The molecule has 7 nitrogen and oxygen atoms in total. The van der Waals surface area contributed by atoms with Gasteiger partial charge in [-0.15, -0.1) is 0 Å². The summed E-state index contributed by atoms with van der Waals surface area (Å²) >= 11 is 0. The van der Waals surface area contributed by atoms with Crippen molar-refractivity contribution in [2.75, 3.05) is 5.43 Å². The van der Waals surface area contributed by atoms with Crippen LogP contribution in [-0.4, -0.2) is 13.4 Å². The lowest BCUT2D eigenvalue weighted by Crippen LogP contribution is -2.25. The van der Waals surface area contributed by atoms with Crippen molar-refractivity contribution in [1.82, 2.24) is 9.71 Å². The Morgan fingerprint density at radius 1 is 1.37 bits per heavy atom. The number of furan rings is 1. The fourth-order valence-electron chi connectivity index (χ4n) is 1.54. The van der Waals surface area contributed by atoms with E-state index in [0.717, 1.165) is 5.76 Å². The van der Waals surface area contributed by atoms with Gasteiger partial charge in [0.1, 0.15) is 16.4 Å². The first-order chi connectivity index (χ1) is 9.03. The standard InChI is InChI=1S/C11H14N4O3S/c1-8-4-5-9(18-8)7-14-19(16,17)10-3-2-6-13-11(10)15-12/h2-6,14H,7,12H2,1H3,(H,13,15). The summed E-state index contributed by atoms with van der Waals surface area (Å²) in [6.45, 7) is 1.85. The number of nitrogen functional groups attached to an aromatic ring is 1. The van der Waals surface area contributed by atoms with E-state index in [2.05, 4.69) is 15.1 Å². The van der Waals surface area contributed by atoms with Crippen molar-refractivity contribution in [1.29, 1.82) is 0 Å². The second-order valence-corrected chi connectivity index (χ2v) is 5.57. The number of aryl methyl sites for hydroxylation is 1. The van der Waals surface area contributed by atoms with Gasteiger partial charge in [0.2, 0.25) is 10.0 Å². The molecular formula is C11H14N4O3S. The summed E-state index contributed by atoms with van der Waals surface area (Å²) in [5, 5.41) is 0. The number of nitrogens with two attached hydrogens (primary N) is 1. The monoisotopic (exact) mass is 282 g/mol. The zero-order valence-corrected chi connectivity index (χ0v) is 11.1. The normalized spacial score (nSPS) is 11.5. The molecule has 2 aromatic rings. The third-order valence-corrected chi connectivity index (χ3v) is 3.86. The predicted molar refractivity (Wildman–Crippen MR) is 69.5 cm³/mol. The van der Waals surface area contributed by atoms with Crippen LogP contribution in [0.15, 0.2) is 39.8 Å². The molecule has 2 aromatic heterocycles. The molecule has 0 aliphatic rings. The van der Waals surface area contributed by atoms with Gasteiger partial charge in [-0.1, -0.05) is 0 Å². The van der Waals surface area contributed by atoms with Crippen molar-refractivity contribution >= 4 is 15.8 Å². The van der Waals surface area contributed by atoms with Crippen molar-refractivity contribution in [3.05, 3.63) is 42.0 Å². The van der Waals surface area contributed by atoms with Gasteiger partial charge in [0, 0.05) is 6.20 Å². The Morgan fingerprint density at radius 3 is 2.79 bits per heavy atom. The summed E-state index contributed by atoms with van der Waals surface area (Å²) in [4.78, 5) is 3.83.